The number of nitrogens with zero attached hydrogens (tertiary/aromatic N) is 3. The quantitative estimate of drug-likeness (QED) is 0.276. The molecule has 0 aliphatic carbocycles. The fourth-order valence-corrected chi connectivity index (χ4v) is 3.99. The van der Waals surface area contributed by atoms with Crippen LogP contribution in [0.4, 0.5) is 0 Å². The fourth-order valence-electron chi connectivity index (χ4n) is 3.99. The summed E-state index contributed by atoms with van der Waals surface area (Å²) < 4.78 is 14.7. The van der Waals surface area contributed by atoms with E-state index >= 15 is 0 Å². The molecule has 0 unspecified atom stereocenters. The first-order valence-corrected chi connectivity index (χ1v) is 11.2. The highest BCUT2D eigenvalue weighted by Gasteiger charge is 2.09. The first-order chi connectivity index (χ1) is 17.7. The number of hydrogen-bond donors (Lipinski definition) is 0. The summed E-state index contributed by atoms with van der Waals surface area (Å²) in [5.74, 6) is 1.55. The van der Waals surface area contributed by atoms with Crippen molar-refractivity contribution in [1.29, 1.82) is 15.8 Å². The summed E-state index contributed by atoms with van der Waals surface area (Å²) in [5, 5.41) is 26.1. The van der Waals surface area contributed by atoms with E-state index in [1.54, 1.807) is 55.2 Å². The van der Waals surface area contributed by atoms with Crippen LogP contribution in [0.2, 0.25) is 0 Å². The minimum Gasteiger partial charge on any atom is -0.388 e. The molecule has 36 heavy (non-hydrogen) atoms. The topological polar surface area (TPSA) is 99.1 Å². The van der Waals surface area contributed by atoms with Gasteiger partial charge in [0.25, 0.3) is 18.8 Å². The molecule has 4 aromatic carbocycles. The Morgan fingerprint density at radius 1 is 0.417 bits per heavy atom. The van der Waals surface area contributed by atoms with Gasteiger partial charge in [0.15, 0.2) is 0 Å². The summed E-state index contributed by atoms with van der Waals surface area (Å²) in [4.78, 5) is 0. The molecule has 0 aliphatic rings. The van der Waals surface area contributed by atoms with Gasteiger partial charge in [-0.15, -0.1) is 15.8 Å². The molecule has 0 aromatic heterocycles. The summed E-state index contributed by atoms with van der Waals surface area (Å²) >= 11 is 0. The van der Waals surface area contributed by atoms with Gasteiger partial charge in [-0.2, -0.15) is 0 Å². The van der Waals surface area contributed by atoms with Gasteiger partial charge in [0.05, 0.1) is 0 Å². The summed E-state index contributed by atoms with van der Waals surface area (Å²) in [6, 6.07) is 29.0. The van der Waals surface area contributed by atoms with Gasteiger partial charge in [-0.25, -0.2) is 0 Å². The molecule has 0 aliphatic heterocycles. The maximum Gasteiger partial charge on any atom is 0.292 e. The van der Waals surface area contributed by atoms with Crippen LogP contribution in [0.1, 0.15) is 33.4 Å². The van der Waals surface area contributed by atoms with E-state index in [9.17, 15) is 0 Å². The van der Waals surface area contributed by atoms with Crippen molar-refractivity contribution >= 4 is 0 Å². The van der Waals surface area contributed by atoms with Crippen LogP contribution in [-0.4, -0.2) is 0 Å². The number of benzene rings is 4. The van der Waals surface area contributed by atoms with Crippen LogP contribution in [-0.2, 0) is 19.3 Å². The molecule has 4 aromatic rings. The van der Waals surface area contributed by atoms with Gasteiger partial charge in [-0.05, 0) is 89.0 Å². The SMILES string of the molecule is N#COc1ccc(Cc2ccc(Cc3ccc(OC#N)cc3)c(Cc3ccc(OC#N)cc3)c2)cc1. The number of ether oxygens (including phenoxy) is 3. The molecule has 6 heteroatoms. The highest BCUT2D eigenvalue weighted by Crippen LogP contribution is 2.24. The molecule has 0 bridgehead atoms. The molecule has 0 atom stereocenters. The van der Waals surface area contributed by atoms with Crippen LogP contribution in [0.3, 0.4) is 0 Å². The zero-order chi connectivity index (χ0) is 25.2. The van der Waals surface area contributed by atoms with Crippen molar-refractivity contribution in [2.45, 2.75) is 19.3 Å². The summed E-state index contributed by atoms with van der Waals surface area (Å²) in [6.07, 6.45) is 7.27. The van der Waals surface area contributed by atoms with Crippen molar-refractivity contribution in [3.63, 3.8) is 0 Å². The number of rotatable bonds is 9. The van der Waals surface area contributed by atoms with Crippen molar-refractivity contribution in [2.24, 2.45) is 0 Å². The molecule has 0 heterocycles. The summed E-state index contributed by atoms with van der Waals surface area (Å²) in [6.45, 7) is 0. The molecular weight excluding hydrogens is 450 g/mol. The van der Waals surface area contributed by atoms with Crippen LogP contribution >= 0.6 is 0 Å². The van der Waals surface area contributed by atoms with Gasteiger partial charge >= 0.3 is 0 Å². The normalized spacial score (nSPS) is 9.92. The predicted octanol–water partition coefficient (Wildman–Crippen LogP) is 6.04. The molecule has 0 N–H and O–H groups in total. The Bertz CT molecular complexity index is 1440. The third-order valence-corrected chi connectivity index (χ3v) is 5.73. The van der Waals surface area contributed by atoms with Gasteiger partial charge in [-0.3, -0.25) is 0 Å². The Hall–Kier alpha value is -5.25. The third-order valence-electron chi connectivity index (χ3n) is 5.73. The molecule has 0 amide bonds. The van der Waals surface area contributed by atoms with E-state index in [2.05, 4.69) is 18.2 Å². The Kier molecular flexibility index (Phi) is 7.80. The van der Waals surface area contributed by atoms with Crippen LogP contribution in [0, 0.1) is 34.6 Å². The van der Waals surface area contributed by atoms with Crippen molar-refractivity contribution in [2.75, 3.05) is 0 Å². The second-order valence-electron chi connectivity index (χ2n) is 8.15. The largest absolute Gasteiger partial charge is 0.388 e. The van der Waals surface area contributed by atoms with Crippen molar-refractivity contribution in [1.82, 2.24) is 0 Å². The highest BCUT2D eigenvalue weighted by molar-refractivity contribution is 5.42. The van der Waals surface area contributed by atoms with E-state index in [-0.39, 0.29) is 0 Å². The van der Waals surface area contributed by atoms with E-state index < -0.39 is 0 Å². The van der Waals surface area contributed by atoms with Crippen LogP contribution in [0.25, 0.3) is 0 Å². The van der Waals surface area contributed by atoms with Crippen molar-refractivity contribution < 1.29 is 14.2 Å². The molecule has 174 valence electrons. The van der Waals surface area contributed by atoms with E-state index in [4.69, 9.17) is 30.0 Å². The number of nitriles is 3. The summed E-state index contributed by atoms with van der Waals surface area (Å²) in [7, 11) is 0. The summed E-state index contributed by atoms with van der Waals surface area (Å²) in [5.41, 5.74) is 6.90. The lowest BCUT2D eigenvalue weighted by molar-refractivity contribution is 0.506. The molecule has 0 fully saturated rings. The first-order valence-electron chi connectivity index (χ1n) is 11.2. The first kappa shape index (κ1) is 23.9. The Morgan fingerprint density at radius 2 is 0.778 bits per heavy atom. The van der Waals surface area contributed by atoms with E-state index in [1.807, 2.05) is 36.4 Å². The minimum atomic E-state index is 0.513. The van der Waals surface area contributed by atoms with E-state index in [0.717, 1.165) is 36.0 Å². The van der Waals surface area contributed by atoms with Crippen LogP contribution < -0.4 is 14.2 Å². The van der Waals surface area contributed by atoms with Gasteiger partial charge in [0, 0.05) is 0 Å². The second kappa shape index (κ2) is 11.7. The number of hydrogen-bond acceptors (Lipinski definition) is 6. The van der Waals surface area contributed by atoms with Gasteiger partial charge in [0.1, 0.15) is 17.2 Å². The van der Waals surface area contributed by atoms with Crippen LogP contribution in [0.5, 0.6) is 17.2 Å². The lowest BCUT2D eigenvalue weighted by Crippen LogP contribution is -2.00. The molecule has 0 saturated heterocycles. The maximum absolute atomic E-state index is 8.72. The van der Waals surface area contributed by atoms with Crippen molar-refractivity contribution in [3.05, 3.63) is 124 Å². The third kappa shape index (κ3) is 6.41. The Labute approximate surface area is 209 Å². The second-order valence-corrected chi connectivity index (χ2v) is 8.15. The predicted molar refractivity (Wildman–Crippen MR) is 133 cm³/mol. The standard InChI is InChI=1S/C30H21N3O3/c31-19-34-28-9-2-22(3-10-28)15-25-1-8-26(16-23-4-11-29(12-5-23)35-20-32)27(18-25)17-24-6-13-30(14-7-24)36-21-33/h1-14,18H,15-17H2. The van der Waals surface area contributed by atoms with Gasteiger partial charge < -0.3 is 14.2 Å². The molecule has 0 spiro atoms. The van der Waals surface area contributed by atoms with Crippen LogP contribution in [0.15, 0.2) is 91.0 Å². The lowest BCUT2D eigenvalue weighted by Gasteiger charge is -2.14. The van der Waals surface area contributed by atoms with Crippen molar-refractivity contribution in [3.8, 4) is 36.0 Å². The Balaban J connectivity index is 1.59. The molecular formula is C30H21N3O3. The fraction of sp³-hybridized carbons (Fsp3) is 0.100. The Morgan fingerprint density at radius 3 is 1.19 bits per heavy atom. The van der Waals surface area contributed by atoms with E-state index in [1.165, 1.54) is 16.7 Å². The molecule has 0 saturated carbocycles. The van der Waals surface area contributed by atoms with Gasteiger partial charge in [0.2, 0.25) is 0 Å². The smallest absolute Gasteiger partial charge is 0.292 e. The minimum absolute atomic E-state index is 0.513. The average Bonchev–Trinajstić information content (AvgIpc) is 2.89. The van der Waals surface area contributed by atoms with Gasteiger partial charge in [-0.1, -0.05) is 54.6 Å². The molecule has 6 nitrogen and oxygen atoms in total. The zero-order valence-electron chi connectivity index (χ0n) is 19.3. The van der Waals surface area contributed by atoms with E-state index in [0.29, 0.717) is 17.2 Å². The molecule has 0 radical (unpaired) electrons. The maximum atomic E-state index is 8.72. The highest BCUT2D eigenvalue weighted by atomic mass is 16.5. The monoisotopic (exact) mass is 471 g/mol. The zero-order valence-corrected chi connectivity index (χ0v) is 19.3. The molecule has 4 rings (SSSR count). The lowest BCUT2D eigenvalue weighted by atomic mass is 9.92. The average molecular weight is 472 g/mol.